The highest BCUT2D eigenvalue weighted by Gasteiger charge is 2.40. The van der Waals surface area contributed by atoms with Gasteiger partial charge in [-0.15, -0.1) is 0 Å². The molecule has 0 unspecified atom stereocenters. The summed E-state index contributed by atoms with van der Waals surface area (Å²) < 4.78 is 5.44. The predicted octanol–water partition coefficient (Wildman–Crippen LogP) is 2.58. The van der Waals surface area contributed by atoms with Crippen molar-refractivity contribution in [3.05, 3.63) is 53.3 Å². The van der Waals surface area contributed by atoms with Crippen LogP contribution in [-0.4, -0.2) is 47.2 Å². The molecule has 0 saturated carbocycles. The Labute approximate surface area is 148 Å². The second kappa shape index (κ2) is 6.39. The Hall–Kier alpha value is -1.98. The molecule has 5 rings (SSSR count). The molecular weight excluding hydrogens is 312 g/mol. The van der Waals surface area contributed by atoms with Crippen molar-refractivity contribution in [2.24, 2.45) is 0 Å². The lowest BCUT2D eigenvalue weighted by Gasteiger charge is -2.36. The molecule has 1 aromatic carbocycles. The minimum atomic E-state index is 0.479. The number of benzene rings is 1. The van der Waals surface area contributed by atoms with Crippen LogP contribution >= 0.6 is 0 Å². The van der Waals surface area contributed by atoms with Gasteiger partial charge in [-0.2, -0.15) is 0 Å². The van der Waals surface area contributed by atoms with Gasteiger partial charge in [0.05, 0.1) is 18.9 Å². The van der Waals surface area contributed by atoms with Crippen molar-refractivity contribution in [3.8, 4) is 0 Å². The molecule has 1 aromatic heterocycles. The largest absolute Gasteiger partial charge is 0.378 e. The third-order valence-electron chi connectivity index (χ3n) is 5.82. The highest BCUT2D eigenvalue weighted by atomic mass is 16.5. The fourth-order valence-corrected chi connectivity index (χ4v) is 4.52. The normalized spacial score (nSPS) is 25.8. The van der Waals surface area contributed by atoms with E-state index in [1.165, 1.54) is 29.7 Å². The van der Waals surface area contributed by atoms with Crippen molar-refractivity contribution < 1.29 is 4.74 Å². The first-order valence-corrected chi connectivity index (χ1v) is 9.36. The molecule has 0 N–H and O–H groups in total. The van der Waals surface area contributed by atoms with Gasteiger partial charge in [-0.05, 0) is 18.4 Å². The van der Waals surface area contributed by atoms with E-state index in [2.05, 4.69) is 46.3 Å². The van der Waals surface area contributed by atoms with Gasteiger partial charge in [0.2, 0.25) is 5.95 Å². The molecule has 3 aliphatic rings. The Bertz CT molecular complexity index is 745. The van der Waals surface area contributed by atoms with E-state index < -0.39 is 0 Å². The lowest BCUT2D eigenvalue weighted by molar-refractivity contribution is 0.122. The minimum Gasteiger partial charge on any atom is -0.378 e. The number of morpholine rings is 1. The smallest absolute Gasteiger partial charge is 0.225 e. The molecule has 2 bridgehead atoms. The van der Waals surface area contributed by atoms with E-state index in [0.29, 0.717) is 12.1 Å². The van der Waals surface area contributed by atoms with E-state index in [9.17, 15) is 0 Å². The van der Waals surface area contributed by atoms with Crippen LogP contribution in [0.4, 0.5) is 5.95 Å². The van der Waals surface area contributed by atoms with Crippen LogP contribution in [0, 0.1) is 0 Å². The number of anilines is 1. The lowest BCUT2D eigenvalue weighted by atomic mass is 9.98. The van der Waals surface area contributed by atoms with Gasteiger partial charge >= 0.3 is 0 Å². The monoisotopic (exact) mass is 336 g/mol. The molecule has 2 atom stereocenters. The van der Waals surface area contributed by atoms with Crippen LogP contribution in [-0.2, 0) is 17.7 Å². The first-order valence-electron chi connectivity index (χ1n) is 9.36. The third-order valence-corrected chi connectivity index (χ3v) is 5.82. The molecular formula is C20H24N4O. The van der Waals surface area contributed by atoms with Gasteiger partial charge in [0.1, 0.15) is 0 Å². The van der Waals surface area contributed by atoms with Gasteiger partial charge in [0.25, 0.3) is 0 Å². The Morgan fingerprint density at radius 2 is 1.92 bits per heavy atom. The fourth-order valence-electron chi connectivity index (χ4n) is 4.52. The number of rotatable bonds is 3. The second-order valence-corrected chi connectivity index (χ2v) is 7.28. The van der Waals surface area contributed by atoms with E-state index >= 15 is 0 Å². The number of hydrogen-bond acceptors (Lipinski definition) is 5. The molecule has 2 aromatic rings. The van der Waals surface area contributed by atoms with Crippen LogP contribution in [0.1, 0.15) is 35.7 Å². The van der Waals surface area contributed by atoms with Crippen molar-refractivity contribution in [3.63, 3.8) is 0 Å². The maximum Gasteiger partial charge on any atom is 0.225 e. The fraction of sp³-hybridized carbons (Fsp3) is 0.500. The number of hydrogen-bond donors (Lipinski definition) is 0. The van der Waals surface area contributed by atoms with Gasteiger partial charge in [-0.1, -0.05) is 30.3 Å². The Morgan fingerprint density at radius 3 is 2.76 bits per heavy atom. The van der Waals surface area contributed by atoms with E-state index in [1.54, 1.807) is 0 Å². The zero-order valence-corrected chi connectivity index (χ0v) is 14.5. The third kappa shape index (κ3) is 2.81. The molecule has 3 aliphatic heterocycles. The molecule has 25 heavy (non-hydrogen) atoms. The van der Waals surface area contributed by atoms with Crippen LogP contribution < -0.4 is 4.90 Å². The van der Waals surface area contributed by atoms with Crippen molar-refractivity contribution in [1.29, 1.82) is 0 Å². The van der Waals surface area contributed by atoms with Crippen molar-refractivity contribution in [2.75, 3.05) is 31.2 Å². The predicted molar refractivity (Wildman–Crippen MR) is 96.5 cm³/mol. The van der Waals surface area contributed by atoms with Crippen LogP contribution in [0.2, 0.25) is 0 Å². The summed E-state index contributed by atoms with van der Waals surface area (Å²) >= 11 is 0. The average molecular weight is 336 g/mol. The molecule has 130 valence electrons. The molecule has 5 heteroatoms. The number of fused-ring (bicyclic) bond motifs is 4. The molecule has 2 saturated heterocycles. The summed E-state index contributed by atoms with van der Waals surface area (Å²) in [4.78, 5) is 14.6. The zero-order chi connectivity index (χ0) is 16.6. The Morgan fingerprint density at radius 1 is 1.08 bits per heavy atom. The van der Waals surface area contributed by atoms with Crippen LogP contribution in [0.15, 0.2) is 36.5 Å². The summed E-state index contributed by atoms with van der Waals surface area (Å²) in [5, 5.41) is 0. The molecule has 0 spiro atoms. The summed E-state index contributed by atoms with van der Waals surface area (Å²) in [7, 11) is 0. The maximum atomic E-state index is 5.44. The quantitative estimate of drug-likeness (QED) is 0.862. The lowest BCUT2D eigenvalue weighted by Crippen LogP contribution is -2.40. The van der Waals surface area contributed by atoms with Crippen LogP contribution in [0.5, 0.6) is 0 Å². The number of ether oxygens (including phenoxy) is 1. The van der Waals surface area contributed by atoms with Gasteiger partial charge in [0, 0.05) is 49.9 Å². The van der Waals surface area contributed by atoms with Gasteiger partial charge in [-0.25, -0.2) is 9.97 Å². The molecule has 2 fully saturated rings. The highest BCUT2D eigenvalue weighted by molar-refractivity contribution is 5.37. The summed E-state index contributed by atoms with van der Waals surface area (Å²) in [5.41, 5.74) is 4.02. The van der Waals surface area contributed by atoms with E-state index in [1.807, 2.05) is 0 Å². The van der Waals surface area contributed by atoms with Crippen molar-refractivity contribution in [2.45, 2.75) is 37.9 Å². The Balaban J connectivity index is 1.40. The molecule has 0 radical (unpaired) electrons. The molecule has 0 amide bonds. The standard InChI is InChI=1S/C20H24N4O/c1-2-4-15(5-3-1)14-24-16-6-7-19(24)17-13-21-20(22-18(17)12-16)23-8-10-25-11-9-23/h1-5,13,16,19H,6-12,14H2/t16-,19-/m0/s1. The van der Waals surface area contributed by atoms with E-state index in [0.717, 1.165) is 45.2 Å². The second-order valence-electron chi connectivity index (χ2n) is 7.28. The van der Waals surface area contributed by atoms with Crippen LogP contribution in [0.3, 0.4) is 0 Å². The topological polar surface area (TPSA) is 41.5 Å². The minimum absolute atomic E-state index is 0.479. The van der Waals surface area contributed by atoms with Crippen molar-refractivity contribution in [1.82, 2.24) is 14.9 Å². The number of nitrogens with zero attached hydrogens (tertiary/aromatic N) is 4. The molecule has 4 heterocycles. The summed E-state index contributed by atoms with van der Waals surface area (Å²) in [5.74, 6) is 0.887. The van der Waals surface area contributed by atoms with Gasteiger partial charge in [0.15, 0.2) is 0 Å². The average Bonchev–Trinajstić information content (AvgIpc) is 2.95. The maximum absolute atomic E-state index is 5.44. The van der Waals surface area contributed by atoms with Crippen LogP contribution in [0.25, 0.3) is 0 Å². The molecule has 5 nitrogen and oxygen atoms in total. The molecule has 0 aliphatic carbocycles. The summed E-state index contributed by atoms with van der Waals surface area (Å²) in [6.07, 6.45) is 5.64. The van der Waals surface area contributed by atoms with E-state index in [-0.39, 0.29) is 0 Å². The zero-order valence-electron chi connectivity index (χ0n) is 14.5. The Kier molecular flexibility index (Phi) is 3.91. The SMILES string of the molecule is c1ccc(CN2[C@H]3CC[C@H]2c2cnc(N4CCOCC4)nc2C3)cc1. The first kappa shape index (κ1) is 15.3. The van der Waals surface area contributed by atoms with Gasteiger partial charge in [-0.3, -0.25) is 4.90 Å². The number of aromatic nitrogens is 2. The van der Waals surface area contributed by atoms with E-state index in [4.69, 9.17) is 14.7 Å². The van der Waals surface area contributed by atoms with Gasteiger partial charge < -0.3 is 9.64 Å². The highest BCUT2D eigenvalue weighted by Crippen LogP contribution is 2.43. The van der Waals surface area contributed by atoms with Crippen molar-refractivity contribution >= 4 is 5.95 Å². The summed E-state index contributed by atoms with van der Waals surface area (Å²) in [6.45, 7) is 4.37. The summed E-state index contributed by atoms with van der Waals surface area (Å²) in [6, 6.07) is 11.9. The first-order chi connectivity index (χ1) is 12.4.